The van der Waals surface area contributed by atoms with Crippen molar-refractivity contribution < 1.29 is 9.90 Å². The van der Waals surface area contributed by atoms with Gasteiger partial charge in [-0.25, -0.2) is 4.79 Å². The van der Waals surface area contributed by atoms with Crippen molar-refractivity contribution in [2.24, 2.45) is 0 Å². The van der Waals surface area contributed by atoms with Crippen LogP contribution in [0.15, 0.2) is 54.6 Å². The molecule has 20 heavy (non-hydrogen) atoms. The Morgan fingerprint density at radius 2 is 1.95 bits per heavy atom. The zero-order valence-corrected chi connectivity index (χ0v) is 11.3. The Balaban J connectivity index is 1.99. The minimum Gasteiger partial charge on any atom is -0.478 e. The number of rotatable bonds is 5. The van der Waals surface area contributed by atoms with Crippen LogP contribution >= 0.6 is 0 Å². The van der Waals surface area contributed by atoms with Gasteiger partial charge in [-0.3, -0.25) is 0 Å². The summed E-state index contributed by atoms with van der Waals surface area (Å²) in [5, 5.41) is 12.2. The van der Waals surface area contributed by atoms with Crippen LogP contribution < -0.4 is 5.32 Å². The molecule has 3 nitrogen and oxygen atoms in total. The van der Waals surface area contributed by atoms with Gasteiger partial charge in [-0.2, -0.15) is 0 Å². The third-order valence-corrected chi connectivity index (χ3v) is 3.00. The molecular formula is C17H17NO2. The van der Waals surface area contributed by atoms with Gasteiger partial charge in [-0.15, -0.1) is 0 Å². The van der Waals surface area contributed by atoms with Crippen LogP contribution in [0.2, 0.25) is 0 Å². The van der Waals surface area contributed by atoms with Crippen molar-refractivity contribution in [1.82, 2.24) is 0 Å². The Morgan fingerprint density at radius 3 is 2.65 bits per heavy atom. The van der Waals surface area contributed by atoms with Gasteiger partial charge in [0.15, 0.2) is 0 Å². The number of aromatic carboxylic acids is 1. The number of nitrogens with one attached hydrogen (secondary N) is 1. The monoisotopic (exact) mass is 267 g/mol. The van der Waals surface area contributed by atoms with Crippen molar-refractivity contribution >= 4 is 17.7 Å². The third-order valence-electron chi connectivity index (χ3n) is 3.00. The summed E-state index contributed by atoms with van der Waals surface area (Å²) in [5.41, 5.74) is 3.32. The first-order valence-corrected chi connectivity index (χ1v) is 6.46. The number of carboxylic acids is 1. The van der Waals surface area contributed by atoms with Gasteiger partial charge in [0.25, 0.3) is 0 Å². The Hall–Kier alpha value is -2.55. The second-order valence-electron chi connectivity index (χ2n) is 4.53. The first-order chi connectivity index (χ1) is 9.66. The lowest BCUT2D eigenvalue weighted by Gasteiger charge is -2.08. The van der Waals surface area contributed by atoms with Crippen LogP contribution in [-0.2, 0) is 0 Å². The molecule has 2 aromatic carbocycles. The molecule has 0 saturated heterocycles. The van der Waals surface area contributed by atoms with Crippen molar-refractivity contribution in [3.63, 3.8) is 0 Å². The number of anilines is 1. The van der Waals surface area contributed by atoms with Crippen molar-refractivity contribution in [1.29, 1.82) is 0 Å². The predicted molar refractivity (Wildman–Crippen MR) is 82.1 cm³/mol. The number of carboxylic acid groups (broad SMARTS) is 1. The largest absolute Gasteiger partial charge is 0.478 e. The normalized spacial score (nSPS) is 10.7. The molecule has 2 N–H and O–H groups in total. The summed E-state index contributed by atoms with van der Waals surface area (Å²) in [6.45, 7) is 2.60. The number of aryl methyl sites for hydroxylation is 1. The van der Waals surface area contributed by atoms with E-state index in [-0.39, 0.29) is 0 Å². The van der Waals surface area contributed by atoms with E-state index in [1.54, 1.807) is 12.1 Å². The zero-order chi connectivity index (χ0) is 14.4. The molecule has 0 radical (unpaired) electrons. The molecule has 102 valence electrons. The molecule has 0 spiro atoms. The van der Waals surface area contributed by atoms with Gasteiger partial charge in [0.05, 0.1) is 5.56 Å². The second kappa shape index (κ2) is 6.57. The molecule has 0 fully saturated rings. The molecular weight excluding hydrogens is 250 g/mol. The van der Waals surface area contributed by atoms with E-state index >= 15 is 0 Å². The Bertz CT molecular complexity index is 618. The fourth-order valence-electron chi connectivity index (χ4n) is 1.87. The highest BCUT2D eigenvalue weighted by Gasteiger charge is 2.05. The van der Waals surface area contributed by atoms with E-state index < -0.39 is 5.97 Å². The van der Waals surface area contributed by atoms with Gasteiger partial charge in [0.2, 0.25) is 0 Å². The average Bonchev–Trinajstić information content (AvgIpc) is 2.46. The second-order valence-corrected chi connectivity index (χ2v) is 4.53. The lowest BCUT2D eigenvalue weighted by molar-refractivity contribution is 0.0697. The molecule has 0 aromatic heterocycles. The maximum atomic E-state index is 10.9. The van der Waals surface area contributed by atoms with Crippen molar-refractivity contribution in [3.8, 4) is 0 Å². The molecule has 0 bridgehead atoms. The first-order valence-electron chi connectivity index (χ1n) is 6.46. The number of benzene rings is 2. The number of hydrogen-bond donors (Lipinski definition) is 2. The molecule has 2 aromatic rings. The highest BCUT2D eigenvalue weighted by molar-refractivity contribution is 5.89. The highest BCUT2D eigenvalue weighted by Crippen LogP contribution is 2.16. The summed E-state index contributed by atoms with van der Waals surface area (Å²) >= 11 is 0. The van der Waals surface area contributed by atoms with Gasteiger partial charge in [-0.05, 0) is 30.2 Å². The summed E-state index contributed by atoms with van der Waals surface area (Å²) in [6.07, 6.45) is 4.05. The fraction of sp³-hybridized carbons (Fsp3) is 0.118. The van der Waals surface area contributed by atoms with E-state index in [1.165, 1.54) is 0 Å². The van der Waals surface area contributed by atoms with E-state index in [4.69, 9.17) is 5.11 Å². The van der Waals surface area contributed by atoms with Crippen LogP contribution in [0, 0.1) is 6.92 Å². The lowest BCUT2D eigenvalue weighted by Crippen LogP contribution is -2.03. The molecule has 2 rings (SSSR count). The van der Waals surface area contributed by atoms with E-state index in [1.807, 2.05) is 55.5 Å². The van der Waals surface area contributed by atoms with Crippen molar-refractivity contribution in [2.75, 3.05) is 11.9 Å². The van der Waals surface area contributed by atoms with Crippen LogP contribution in [-0.4, -0.2) is 17.6 Å². The SMILES string of the molecule is Cc1ccc(C(=O)O)cc1NC/C=C/c1ccccc1. The van der Waals surface area contributed by atoms with Crippen molar-refractivity contribution in [2.45, 2.75) is 6.92 Å². The van der Waals surface area contributed by atoms with Crippen LogP contribution in [0.4, 0.5) is 5.69 Å². The van der Waals surface area contributed by atoms with E-state index in [9.17, 15) is 4.79 Å². The molecule has 3 heteroatoms. The molecule has 0 aliphatic carbocycles. The molecule has 0 saturated carbocycles. The zero-order valence-electron chi connectivity index (χ0n) is 11.3. The smallest absolute Gasteiger partial charge is 0.335 e. The minimum absolute atomic E-state index is 0.296. The van der Waals surface area contributed by atoms with Crippen molar-refractivity contribution in [3.05, 3.63) is 71.3 Å². The van der Waals surface area contributed by atoms with Crippen LogP contribution in [0.25, 0.3) is 6.08 Å². The van der Waals surface area contributed by atoms with Gasteiger partial charge < -0.3 is 10.4 Å². The molecule has 0 heterocycles. The molecule has 0 aliphatic rings. The standard InChI is InChI=1S/C17H17NO2/c1-13-9-10-15(17(19)20)12-16(13)18-11-5-8-14-6-3-2-4-7-14/h2-10,12,18H,11H2,1H3,(H,19,20)/b8-5+. The fourth-order valence-corrected chi connectivity index (χ4v) is 1.87. The quantitative estimate of drug-likeness (QED) is 0.865. The average molecular weight is 267 g/mol. The van der Waals surface area contributed by atoms with Gasteiger partial charge in [-0.1, -0.05) is 48.6 Å². The Kier molecular flexibility index (Phi) is 4.56. The minimum atomic E-state index is -0.909. The first kappa shape index (κ1) is 13.9. The Morgan fingerprint density at radius 1 is 1.20 bits per heavy atom. The van der Waals surface area contributed by atoms with Crippen LogP contribution in [0.1, 0.15) is 21.5 Å². The topological polar surface area (TPSA) is 49.3 Å². The third kappa shape index (κ3) is 3.72. The van der Waals surface area contributed by atoms with Gasteiger partial charge in [0, 0.05) is 12.2 Å². The summed E-state index contributed by atoms with van der Waals surface area (Å²) in [7, 11) is 0. The van der Waals surface area contributed by atoms with Crippen LogP contribution in [0.5, 0.6) is 0 Å². The van der Waals surface area contributed by atoms with E-state index in [2.05, 4.69) is 5.32 Å². The van der Waals surface area contributed by atoms with Gasteiger partial charge in [0.1, 0.15) is 0 Å². The highest BCUT2D eigenvalue weighted by atomic mass is 16.4. The summed E-state index contributed by atoms with van der Waals surface area (Å²) in [5.74, 6) is -0.909. The maximum absolute atomic E-state index is 10.9. The van der Waals surface area contributed by atoms with E-state index in [0.717, 1.165) is 16.8 Å². The summed E-state index contributed by atoms with van der Waals surface area (Å²) in [4.78, 5) is 10.9. The summed E-state index contributed by atoms with van der Waals surface area (Å²) < 4.78 is 0. The molecule has 0 aliphatic heterocycles. The molecule has 0 amide bonds. The van der Waals surface area contributed by atoms with E-state index in [0.29, 0.717) is 12.1 Å². The Labute approximate surface area is 118 Å². The lowest BCUT2D eigenvalue weighted by atomic mass is 10.1. The number of carbonyl (C=O) groups is 1. The maximum Gasteiger partial charge on any atom is 0.335 e. The summed E-state index contributed by atoms with van der Waals surface area (Å²) in [6, 6.07) is 15.1. The number of hydrogen-bond acceptors (Lipinski definition) is 2. The predicted octanol–water partition coefficient (Wildman–Crippen LogP) is 3.82. The van der Waals surface area contributed by atoms with Gasteiger partial charge >= 0.3 is 5.97 Å². The molecule has 0 unspecified atom stereocenters. The molecule has 0 atom stereocenters. The van der Waals surface area contributed by atoms with Crippen LogP contribution in [0.3, 0.4) is 0 Å².